The van der Waals surface area contributed by atoms with Crippen LogP contribution in [0, 0.1) is 0 Å². The monoisotopic (exact) mass is 226 g/mol. The molecule has 0 atom stereocenters. The largest absolute Gasteiger partial charge is 0.455 e. The molecule has 1 saturated carbocycles. The van der Waals surface area contributed by atoms with Gasteiger partial charge in [-0.2, -0.15) is 0 Å². The van der Waals surface area contributed by atoms with Crippen LogP contribution in [0.2, 0.25) is 5.28 Å². The Hall–Kier alpha value is -1.16. The summed E-state index contributed by atoms with van der Waals surface area (Å²) in [5.74, 6) is 0. The SMILES string of the molecule is O=COC1(c2ccnc(Cl)n2)CCCC1. The van der Waals surface area contributed by atoms with E-state index in [0.717, 1.165) is 25.7 Å². The lowest BCUT2D eigenvalue weighted by Crippen LogP contribution is -2.27. The zero-order chi connectivity index (χ0) is 10.7. The summed E-state index contributed by atoms with van der Waals surface area (Å²) in [4.78, 5) is 18.5. The minimum Gasteiger partial charge on any atom is -0.455 e. The Morgan fingerprint density at radius 1 is 1.47 bits per heavy atom. The third kappa shape index (κ3) is 1.95. The van der Waals surface area contributed by atoms with Crippen LogP contribution in [0.15, 0.2) is 12.3 Å². The number of hydrogen-bond acceptors (Lipinski definition) is 4. The van der Waals surface area contributed by atoms with Crippen LogP contribution < -0.4 is 0 Å². The maximum Gasteiger partial charge on any atom is 0.294 e. The van der Waals surface area contributed by atoms with E-state index in [1.807, 2.05) is 0 Å². The van der Waals surface area contributed by atoms with Crippen molar-refractivity contribution in [2.45, 2.75) is 31.3 Å². The average Bonchev–Trinajstić information content (AvgIpc) is 2.68. The van der Waals surface area contributed by atoms with Gasteiger partial charge in [-0.1, -0.05) is 0 Å². The van der Waals surface area contributed by atoms with E-state index in [1.54, 1.807) is 12.3 Å². The van der Waals surface area contributed by atoms with E-state index >= 15 is 0 Å². The van der Waals surface area contributed by atoms with Gasteiger partial charge in [-0.25, -0.2) is 9.97 Å². The van der Waals surface area contributed by atoms with Gasteiger partial charge in [0.1, 0.15) is 0 Å². The van der Waals surface area contributed by atoms with E-state index in [2.05, 4.69) is 9.97 Å². The summed E-state index contributed by atoms with van der Waals surface area (Å²) < 4.78 is 5.20. The second-order valence-corrected chi connectivity index (χ2v) is 3.96. The lowest BCUT2D eigenvalue weighted by molar-refractivity contribution is -0.144. The molecule has 1 aliphatic rings. The summed E-state index contributed by atoms with van der Waals surface area (Å²) in [6.45, 7) is 0.487. The molecule has 15 heavy (non-hydrogen) atoms. The van der Waals surface area contributed by atoms with E-state index in [9.17, 15) is 4.79 Å². The molecule has 0 N–H and O–H groups in total. The zero-order valence-corrected chi connectivity index (χ0v) is 8.91. The maximum absolute atomic E-state index is 10.5. The van der Waals surface area contributed by atoms with Gasteiger partial charge >= 0.3 is 0 Å². The Kier molecular flexibility index (Phi) is 2.86. The third-order valence-corrected chi connectivity index (χ3v) is 2.96. The quantitative estimate of drug-likeness (QED) is 0.585. The number of aromatic nitrogens is 2. The van der Waals surface area contributed by atoms with Crippen molar-refractivity contribution in [2.75, 3.05) is 0 Å². The number of hydrogen-bond donors (Lipinski definition) is 0. The summed E-state index contributed by atoms with van der Waals surface area (Å²) in [5.41, 5.74) is 0.126. The number of rotatable bonds is 3. The Balaban J connectivity index is 2.35. The molecular formula is C10H11ClN2O2. The first kappa shape index (κ1) is 10.4. The van der Waals surface area contributed by atoms with Crippen LogP contribution in [0.5, 0.6) is 0 Å². The van der Waals surface area contributed by atoms with Crippen molar-refractivity contribution in [3.8, 4) is 0 Å². The predicted octanol–water partition coefficient (Wildman–Crippen LogP) is 2.07. The van der Waals surface area contributed by atoms with E-state index < -0.39 is 5.60 Å². The van der Waals surface area contributed by atoms with Gasteiger partial charge in [0.15, 0.2) is 5.60 Å². The number of halogens is 1. The summed E-state index contributed by atoms with van der Waals surface area (Å²) in [5, 5.41) is 0.188. The van der Waals surface area contributed by atoms with Crippen LogP contribution in [0.3, 0.4) is 0 Å². The molecule has 0 radical (unpaired) electrons. The molecule has 4 nitrogen and oxygen atoms in total. The fourth-order valence-corrected chi connectivity index (χ4v) is 2.21. The topological polar surface area (TPSA) is 52.1 Å². The van der Waals surface area contributed by atoms with Gasteiger partial charge in [-0.3, -0.25) is 4.79 Å². The molecule has 0 aromatic carbocycles. The Labute approximate surface area is 92.6 Å². The fourth-order valence-electron chi connectivity index (χ4n) is 2.06. The van der Waals surface area contributed by atoms with Crippen molar-refractivity contribution in [2.24, 2.45) is 0 Å². The van der Waals surface area contributed by atoms with Crippen molar-refractivity contribution in [3.63, 3.8) is 0 Å². The molecule has 5 heteroatoms. The molecular weight excluding hydrogens is 216 g/mol. The van der Waals surface area contributed by atoms with Crippen LogP contribution >= 0.6 is 11.6 Å². The number of nitrogens with zero attached hydrogens (tertiary/aromatic N) is 2. The standard InChI is InChI=1S/C10H11ClN2O2/c11-9-12-6-3-8(13-9)10(15-7-14)4-1-2-5-10/h3,6-7H,1-2,4-5H2. The van der Waals surface area contributed by atoms with Gasteiger partial charge in [0.25, 0.3) is 6.47 Å². The lowest BCUT2D eigenvalue weighted by Gasteiger charge is -2.25. The number of carbonyl (C=O) groups is 1. The van der Waals surface area contributed by atoms with Gasteiger partial charge in [0.2, 0.25) is 5.28 Å². The highest BCUT2D eigenvalue weighted by Gasteiger charge is 2.39. The van der Waals surface area contributed by atoms with Crippen LogP contribution in [0.1, 0.15) is 31.4 Å². The minimum atomic E-state index is -0.575. The summed E-state index contributed by atoms with van der Waals surface area (Å²) in [6.07, 6.45) is 5.27. The molecule has 0 bridgehead atoms. The lowest BCUT2D eigenvalue weighted by atomic mass is 9.97. The first-order chi connectivity index (χ1) is 7.27. The molecule has 1 aromatic heterocycles. The summed E-state index contributed by atoms with van der Waals surface area (Å²) in [6, 6.07) is 1.75. The molecule has 0 saturated heterocycles. The van der Waals surface area contributed by atoms with Gasteiger partial charge in [-0.05, 0) is 43.4 Å². The first-order valence-electron chi connectivity index (χ1n) is 4.87. The highest BCUT2D eigenvalue weighted by atomic mass is 35.5. The third-order valence-electron chi connectivity index (χ3n) is 2.78. The average molecular weight is 227 g/mol. The number of ether oxygens (including phenoxy) is 1. The molecule has 80 valence electrons. The first-order valence-corrected chi connectivity index (χ1v) is 5.25. The second kappa shape index (κ2) is 4.14. The Morgan fingerprint density at radius 2 is 2.20 bits per heavy atom. The second-order valence-electron chi connectivity index (χ2n) is 3.63. The summed E-state index contributed by atoms with van der Waals surface area (Å²) in [7, 11) is 0. The zero-order valence-electron chi connectivity index (χ0n) is 8.15. The van der Waals surface area contributed by atoms with E-state index in [-0.39, 0.29) is 5.28 Å². The van der Waals surface area contributed by atoms with Crippen molar-refractivity contribution >= 4 is 18.1 Å². The molecule has 0 amide bonds. The van der Waals surface area contributed by atoms with E-state index in [0.29, 0.717) is 12.2 Å². The Morgan fingerprint density at radius 3 is 2.80 bits per heavy atom. The molecule has 0 unspecified atom stereocenters. The van der Waals surface area contributed by atoms with Crippen molar-refractivity contribution in [1.82, 2.24) is 9.97 Å². The van der Waals surface area contributed by atoms with Crippen molar-refractivity contribution in [1.29, 1.82) is 0 Å². The molecule has 2 rings (SSSR count). The van der Waals surface area contributed by atoms with Crippen LogP contribution in [-0.4, -0.2) is 16.4 Å². The van der Waals surface area contributed by atoms with Crippen LogP contribution in [-0.2, 0) is 15.1 Å². The highest BCUT2D eigenvalue weighted by molar-refractivity contribution is 6.28. The highest BCUT2D eigenvalue weighted by Crippen LogP contribution is 2.40. The molecule has 0 aliphatic heterocycles. The van der Waals surface area contributed by atoms with Crippen molar-refractivity contribution in [3.05, 3.63) is 23.2 Å². The van der Waals surface area contributed by atoms with Gasteiger partial charge in [0, 0.05) is 6.20 Å². The maximum atomic E-state index is 10.5. The molecule has 1 fully saturated rings. The van der Waals surface area contributed by atoms with Crippen LogP contribution in [0.4, 0.5) is 0 Å². The summed E-state index contributed by atoms with van der Waals surface area (Å²) >= 11 is 5.72. The van der Waals surface area contributed by atoms with Gasteiger partial charge in [0.05, 0.1) is 5.69 Å². The molecule has 1 heterocycles. The van der Waals surface area contributed by atoms with Gasteiger partial charge in [-0.15, -0.1) is 0 Å². The fraction of sp³-hybridized carbons (Fsp3) is 0.500. The van der Waals surface area contributed by atoms with E-state index in [1.165, 1.54) is 0 Å². The normalized spacial score (nSPS) is 18.7. The minimum absolute atomic E-state index is 0.188. The molecule has 1 aliphatic carbocycles. The van der Waals surface area contributed by atoms with Crippen LogP contribution in [0.25, 0.3) is 0 Å². The smallest absolute Gasteiger partial charge is 0.294 e. The van der Waals surface area contributed by atoms with Crippen molar-refractivity contribution < 1.29 is 9.53 Å². The Bertz CT molecular complexity index is 364. The number of carbonyl (C=O) groups excluding carboxylic acids is 1. The van der Waals surface area contributed by atoms with Gasteiger partial charge < -0.3 is 4.74 Å². The predicted molar refractivity (Wildman–Crippen MR) is 54.3 cm³/mol. The molecule has 1 aromatic rings. The van der Waals surface area contributed by atoms with E-state index in [4.69, 9.17) is 16.3 Å². The molecule has 0 spiro atoms.